The molecule has 1 aromatic heterocycles. The van der Waals surface area contributed by atoms with Gasteiger partial charge in [-0.1, -0.05) is 18.2 Å². The predicted molar refractivity (Wildman–Crippen MR) is 70.7 cm³/mol. The number of ether oxygens (including phenoxy) is 1. The zero-order valence-corrected chi connectivity index (χ0v) is 10.5. The first-order valence-electron chi connectivity index (χ1n) is 5.77. The number of nitrogens with one attached hydrogen (secondary N) is 2. The van der Waals surface area contributed by atoms with Gasteiger partial charge in [0.25, 0.3) is 0 Å². The first-order chi connectivity index (χ1) is 8.66. The summed E-state index contributed by atoms with van der Waals surface area (Å²) in [7, 11) is 0. The molecule has 96 valence electrons. The summed E-state index contributed by atoms with van der Waals surface area (Å²) in [5, 5.41) is 9.44. The SMILES string of the molecule is Cc1cccc(C)c1OCCNc1n[nH]c(N)n1. The molecule has 6 heteroatoms. The van der Waals surface area contributed by atoms with Crippen molar-refractivity contribution in [3.63, 3.8) is 0 Å². The van der Waals surface area contributed by atoms with Gasteiger partial charge in [0.05, 0.1) is 6.54 Å². The van der Waals surface area contributed by atoms with Crippen LogP contribution in [-0.2, 0) is 0 Å². The summed E-state index contributed by atoms with van der Waals surface area (Å²) >= 11 is 0. The number of nitrogen functional groups attached to an aromatic ring is 1. The van der Waals surface area contributed by atoms with Gasteiger partial charge in [0.15, 0.2) is 0 Å². The molecule has 0 aliphatic rings. The van der Waals surface area contributed by atoms with Gasteiger partial charge < -0.3 is 15.8 Å². The number of benzene rings is 1. The normalized spacial score (nSPS) is 10.3. The van der Waals surface area contributed by atoms with Gasteiger partial charge in [0, 0.05) is 0 Å². The Morgan fingerprint density at radius 2 is 2.06 bits per heavy atom. The average Bonchev–Trinajstić information content (AvgIpc) is 2.73. The number of nitrogens with zero attached hydrogens (tertiary/aromatic N) is 2. The minimum absolute atomic E-state index is 0.299. The summed E-state index contributed by atoms with van der Waals surface area (Å²) in [6, 6.07) is 6.09. The number of aromatic nitrogens is 3. The molecule has 18 heavy (non-hydrogen) atoms. The van der Waals surface area contributed by atoms with E-state index in [1.54, 1.807) is 0 Å². The molecular weight excluding hydrogens is 230 g/mol. The molecule has 0 spiro atoms. The van der Waals surface area contributed by atoms with E-state index >= 15 is 0 Å². The summed E-state index contributed by atoms with van der Waals surface area (Å²) in [6.07, 6.45) is 0. The number of rotatable bonds is 5. The van der Waals surface area contributed by atoms with Gasteiger partial charge in [-0.25, -0.2) is 5.10 Å². The number of aryl methyl sites for hydroxylation is 2. The first-order valence-corrected chi connectivity index (χ1v) is 5.77. The topological polar surface area (TPSA) is 88.8 Å². The molecule has 0 aliphatic heterocycles. The van der Waals surface area contributed by atoms with Crippen LogP contribution in [0, 0.1) is 13.8 Å². The molecule has 2 rings (SSSR count). The number of para-hydroxylation sites is 1. The van der Waals surface area contributed by atoms with Gasteiger partial charge >= 0.3 is 0 Å². The third-order valence-electron chi connectivity index (χ3n) is 2.54. The number of hydrogen-bond donors (Lipinski definition) is 3. The van der Waals surface area contributed by atoms with Crippen molar-refractivity contribution in [2.45, 2.75) is 13.8 Å². The van der Waals surface area contributed by atoms with Crippen LogP contribution in [0.3, 0.4) is 0 Å². The lowest BCUT2D eigenvalue weighted by Crippen LogP contribution is -2.13. The maximum Gasteiger partial charge on any atom is 0.243 e. The van der Waals surface area contributed by atoms with Crippen LogP contribution >= 0.6 is 0 Å². The Labute approximate surface area is 106 Å². The van der Waals surface area contributed by atoms with Crippen molar-refractivity contribution in [1.29, 1.82) is 0 Å². The van der Waals surface area contributed by atoms with E-state index in [1.165, 1.54) is 0 Å². The highest BCUT2D eigenvalue weighted by atomic mass is 16.5. The van der Waals surface area contributed by atoms with Gasteiger partial charge in [-0.15, -0.1) is 5.10 Å². The lowest BCUT2D eigenvalue weighted by Gasteiger charge is -2.11. The molecule has 0 unspecified atom stereocenters. The van der Waals surface area contributed by atoms with Crippen LogP contribution in [0.2, 0.25) is 0 Å². The summed E-state index contributed by atoms with van der Waals surface area (Å²) < 4.78 is 5.74. The molecule has 4 N–H and O–H groups in total. The zero-order chi connectivity index (χ0) is 13.0. The Morgan fingerprint density at radius 3 is 2.67 bits per heavy atom. The second-order valence-electron chi connectivity index (χ2n) is 4.04. The van der Waals surface area contributed by atoms with Crippen LogP contribution < -0.4 is 15.8 Å². The van der Waals surface area contributed by atoms with Crippen molar-refractivity contribution in [2.75, 3.05) is 24.2 Å². The van der Waals surface area contributed by atoms with Crippen molar-refractivity contribution >= 4 is 11.9 Å². The van der Waals surface area contributed by atoms with Gasteiger partial charge in [-0.2, -0.15) is 4.98 Å². The molecule has 2 aromatic rings. The molecule has 0 amide bonds. The second kappa shape index (κ2) is 5.39. The number of aromatic amines is 1. The van der Waals surface area contributed by atoms with Crippen LogP contribution in [0.25, 0.3) is 0 Å². The molecule has 6 nitrogen and oxygen atoms in total. The van der Waals surface area contributed by atoms with Gasteiger partial charge in [-0.3, -0.25) is 0 Å². The average molecular weight is 247 g/mol. The Kier molecular flexibility index (Phi) is 3.66. The van der Waals surface area contributed by atoms with E-state index in [-0.39, 0.29) is 0 Å². The number of H-pyrrole nitrogens is 1. The highest BCUT2D eigenvalue weighted by Gasteiger charge is 2.03. The third kappa shape index (κ3) is 2.91. The molecule has 0 fully saturated rings. The molecule has 0 atom stereocenters. The van der Waals surface area contributed by atoms with E-state index in [0.29, 0.717) is 25.0 Å². The first kappa shape index (κ1) is 12.2. The fraction of sp³-hybridized carbons (Fsp3) is 0.333. The fourth-order valence-corrected chi connectivity index (χ4v) is 1.70. The molecule has 0 saturated heterocycles. The van der Waals surface area contributed by atoms with Crippen LogP contribution in [-0.4, -0.2) is 28.3 Å². The number of anilines is 2. The molecule has 0 aliphatic carbocycles. The quantitative estimate of drug-likeness (QED) is 0.697. The fourth-order valence-electron chi connectivity index (χ4n) is 1.70. The van der Waals surface area contributed by atoms with Crippen molar-refractivity contribution in [1.82, 2.24) is 15.2 Å². The molecule has 0 saturated carbocycles. The summed E-state index contributed by atoms with van der Waals surface area (Å²) in [4.78, 5) is 3.93. The van der Waals surface area contributed by atoms with E-state index in [4.69, 9.17) is 10.5 Å². The number of hydrogen-bond acceptors (Lipinski definition) is 5. The Morgan fingerprint density at radius 1 is 1.33 bits per heavy atom. The number of nitrogens with two attached hydrogens (primary N) is 1. The summed E-state index contributed by atoms with van der Waals surface area (Å²) in [5.41, 5.74) is 7.69. The second-order valence-corrected chi connectivity index (χ2v) is 4.04. The zero-order valence-electron chi connectivity index (χ0n) is 10.5. The molecule has 1 heterocycles. The molecule has 1 aromatic carbocycles. The van der Waals surface area contributed by atoms with Crippen LogP contribution in [0.5, 0.6) is 5.75 Å². The third-order valence-corrected chi connectivity index (χ3v) is 2.54. The van der Waals surface area contributed by atoms with Crippen molar-refractivity contribution in [3.05, 3.63) is 29.3 Å². The summed E-state index contributed by atoms with van der Waals surface area (Å²) in [5.74, 6) is 1.72. The van der Waals surface area contributed by atoms with E-state index in [9.17, 15) is 0 Å². The van der Waals surface area contributed by atoms with Crippen LogP contribution in [0.15, 0.2) is 18.2 Å². The van der Waals surface area contributed by atoms with Crippen molar-refractivity contribution < 1.29 is 4.74 Å². The maximum atomic E-state index is 5.74. The van der Waals surface area contributed by atoms with Gasteiger partial charge in [0.2, 0.25) is 11.9 Å². The largest absolute Gasteiger partial charge is 0.491 e. The van der Waals surface area contributed by atoms with Crippen LogP contribution in [0.1, 0.15) is 11.1 Å². The molecular formula is C12H17N5O. The smallest absolute Gasteiger partial charge is 0.243 e. The van der Waals surface area contributed by atoms with E-state index in [1.807, 2.05) is 32.0 Å². The maximum absolute atomic E-state index is 5.74. The minimum atomic E-state index is 0.299. The standard InChI is InChI=1S/C12H17N5O/c1-8-4-3-5-9(2)10(8)18-7-6-14-12-15-11(13)16-17-12/h3-5H,6-7H2,1-2H3,(H4,13,14,15,16,17). The van der Waals surface area contributed by atoms with Crippen molar-refractivity contribution in [2.24, 2.45) is 0 Å². The lowest BCUT2D eigenvalue weighted by molar-refractivity contribution is 0.328. The van der Waals surface area contributed by atoms with Crippen LogP contribution in [0.4, 0.5) is 11.9 Å². The highest BCUT2D eigenvalue weighted by Crippen LogP contribution is 2.21. The van der Waals surface area contributed by atoms with E-state index < -0.39 is 0 Å². The van der Waals surface area contributed by atoms with Crippen molar-refractivity contribution in [3.8, 4) is 5.75 Å². The van der Waals surface area contributed by atoms with E-state index in [0.717, 1.165) is 16.9 Å². The molecule has 0 bridgehead atoms. The van der Waals surface area contributed by atoms with Gasteiger partial charge in [-0.05, 0) is 25.0 Å². The van der Waals surface area contributed by atoms with Gasteiger partial charge in [0.1, 0.15) is 12.4 Å². The Balaban J connectivity index is 1.82. The Bertz CT molecular complexity index is 503. The lowest BCUT2D eigenvalue weighted by atomic mass is 10.1. The summed E-state index contributed by atoms with van der Waals surface area (Å²) in [6.45, 7) is 5.22. The Hall–Kier alpha value is -2.24. The minimum Gasteiger partial charge on any atom is -0.491 e. The highest BCUT2D eigenvalue weighted by molar-refractivity contribution is 5.39. The monoisotopic (exact) mass is 247 g/mol. The van der Waals surface area contributed by atoms with E-state index in [2.05, 4.69) is 20.5 Å². The molecule has 0 radical (unpaired) electrons. The predicted octanol–water partition coefficient (Wildman–Crippen LogP) is 1.49.